The summed E-state index contributed by atoms with van der Waals surface area (Å²) >= 11 is 0. The second kappa shape index (κ2) is 6.75. The van der Waals surface area contributed by atoms with Crippen molar-refractivity contribution in [3.63, 3.8) is 0 Å². The van der Waals surface area contributed by atoms with Gasteiger partial charge in [-0.1, -0.05) is 0 Å². The van der Waals surface area contributed by atoms with Crippen LogP contribution in [0, 0.1) is 0 Å². The highest BCUT2D eigenvalue weighted by Gasteiger charge is 2.18. The molecule has 0 aliphatic carbocycles. The van der Waals surface area contributed by atoms with Crippen LogP contribution in [-0.4, -0.2) is 27.2 Å². The Morgan fingerprint density at radius 2 is 2.14 bits per heavy atom. The Hall–Kier alpha value is -1.83. The summed E-state index contributed by atoms with van der Waals surface area (Å²) < 4.78 is 37.2. The van der Waals surface area contributed by atoms with Crippen molar-refractivity contribution >= 4 is 10.0 Å². The SMILES string of the molecule is COc1ccc(S(=O)(=O)NCc2ccoc2)c(CCO)c1. The summed E-state index contributed by atoms with van der Waals surface area (Å²) in [6.45, 7) is 0.000839. The minimum Gasteiger partial charge on any atom is -0.497 e. The zero-order valence-corrected chi connectivity index (χ0v) is 12.4. The van der Waals surface area contributed by atoms with Crippen LogP contribution in [0.3, 0.4) is 0 Å². The van der Waals surface area contributed by atoms with E-state index < -0.39 is 10.0 Å². The fraction of sp³-hybridized carbons (Fsp3) is 0.286. The minimum atomic E-state index is -3.67. The molecule has 0 aliphatic rings. The van der Waals surface area contributed by atoms with E-state index in [9.17, 15) is 8.42 Å². The summed E-state index contributed by atoms with van der Waals surface area (Å²) in [5.74, 6) is 0.548. The number of hydrogen-bond acceptors (Lipinski definition) is 5. The number of hydrogen-bond donors (Lipinski definition) is 2. The second-order valence-electron chi connectivity index (χ2n) is 4.40. The van der Waals surface area contributed by atoms with Gasteiger partial charge in [-0.25, -0.2) is 13.1 Å². The highest BCUT2D eigenvalue weighted by Crippen LogP contribution is 2.22. The molecule has 114 valence electrons. The number of aliphatic hydroxyl groups is 1. The van der Waals surface area contributed by atoms with Crippen LogP contribution in [0.1, 0.15) is 11.1 Å². The van der Waals surface area contributed by atoms with Crippen molar-refractivity contribution in [2.75, 3.05) is 13.7 Å². The first kappa shape index (κ1) is 15.6. The lowest BCUT2D eigenvalue weighted by molar-refractivity contribution is 0.298. The van der Waals surface area contributed by atoms with Crippen LogP contribution >= 0.6 is 0 Å². The lowest BCUT2D eigenvalue weighted by Crippen LogP contribution is -2.24. The molecule has 2 aromatic rings. The van der Waals surface area contributed by atoms with Crippen molar-refractivity contribution in [3.8, 4) is 5.75 Å². The average Bonchev–Trinajstić information content (AvgIpc) is 2.99. The van der Waals surface area contributed by atoms with Crippen molar-refractivity contribution in [1.29, 1.82) is 0 Å². The van der Waals surface area contributed by atoms with Gasteiger partial charge in [0, 0.05) is 18.7 Å². The molecule has 21 heavy (non-hydrogen) atoms. The monoisotopic (exact) mass is 311 g/mol. The predicted molar refractivity (Wildman–Crippen MR) is 76.5 cm³/mol. The fourth-order valence-corrected chi connectivity index (χ4v) is 3.18. The van der Waals surface area contributed by atoms with E-state index in [1.165, 1.54) is 25.7 Å². The molecule has 6 nitrogen and oxygen atoms in total. The molecule has 0 amide bonds. The molecule has 0 spiro atoms. The Labute approximate surface area is 123 Å². The zero-order valence-electron chi connectivity index (χ0n) is 11.6. The van der Waals surface area contributed by atoms with E-state index in [1.807, 2.05) is 0 Å². The number of benzene rings is 1. The molecule has 2 N–H and O–H groups in total. The van der Waals surface area contributed by atoms with Gasteiger partial charge < -0.3 is 14.3 Å². The first-order valence-corrected chi connectivity index (χ1v) is 7.83. The number of methoxy groups -OCH3 is 1. The van der Waals surface area contributed by atoms with Crippen molar-refractivity contribution < 1.29 is 22.7 Å². The normalized spacial score (nSPS) is 11.5. The van der Waals surface area contributed by atoms with Crippen LogP contribution in [-0.2, 0) is 23.0 Å². The first-order chi connectivity index (χ1) is 10.1. The topological polar surface area (TPSA) is 88.8 Å². The molecular weight excluding hydrogens is 294 g/mol. The highest BCUT2D eigenvalue weighted by molar-refractivity contribution is 7.89. The predicted octanol–water partition coefficient (Wildman–Crippen LogP) is 1.30. The number of nitrogens with one attached hydrogen (secondary N) is 1. The summed E-state index contributed by atoms with van der Waals surface area (Å²) in [6.07, 6.45) is 3.19. The van der Waals surface area contributed by atoms with Gasteiger partial charge in [0.05, 0.1) is 24.5 Å². The zero-order chi connectivity index (χ0) is 15.3. The molecule has 0 bridgehead atoms. The van der Waals surface area contributed by atoms with Crippen LogP contribution < -0.4 is 9.46 Å². The standard InChI is InChI=1S/C14H17NO5S/c1-19-13-2-3-14(12(8-13)4-6-16)21(17,18)15-9-11-5-7-20-10-11/h2-3,5,7-8,10,15-16H,4,6,9H2,1H3. The molecule has 0 atom stereocenters. The van der Waals surface area contributed by atoms with Crippen LogP contribution in [0.25, 0.3) is 0 Å². The third kappa shape index (κ3) is 3.84. The molecule has 0 unspecified atom stereocenters. The summed E-state index contributed by atoms with van der Waals surface area (Å²) in [6, 6.07) is 6.35. The number of furan rings is 1. The molecule has 1 aromatic carbocycles. The van der Waals surface area contributed by atoms with Crippen molar-refractivity contribution in [1.82, 2.24) is 4.72 Å². The van der Waals surface area contributed by atoms with Gasteiger partial charge in [0.15, 0.2) is 0 Å². The Morgan fingerprint density at radius 3 is 2.76 bits per heavy atom. The van der Waals surface area contributed by atoms with Gasteiger partial charge in [0.2, 0.25) is 10.0 Å². The molecule has 0 saturated carbocycles. The maximum absolute atomic E-state index is 12.4. The van der Waals surface area contributed by atoms with Gasteiger partial charge in [-0.15, -0.1) is 0 Å². The van der Waals surface area contributed by atoms with Gasteiger partial charge in [-0.2, -0.15) is 0 Å². The van der Waals surface area contributed by atoms with Crippen LogP contribution in [0.2, 0.25) is 0 Å². The third-order valence-electron chi connectivity index (χ3n) is 2.98. The first-order valence-electron chi connectivity index (χ1n) is 6.35. The summed E-state index contributed by atoms with van der Waals surface area (Å²) in [5.41, 5.74) is 1.24. The number of ether oxygens (including phenoxy) is 1. The van der Waals surface area contributed by atoms with Crippen molar-refractivity contribution in [2.24, 2.45) is 0 Å². The third-order valence-corrected chi connectivity index (χ3v) is 4.49. The van der Waals surface area contributed by atoms with E-state index in [0.717, 1.165) is 5.56 Å². The van der Waals surface area contributed by atoms with Crippen LogP contribution in [0.15, 0.2) is 46.1 Å². The average molecular weight is 311 g/mol. The molecule has 0 aliphatic heterocycles. The van der Waals surface area contributed by atoms with Crippen LogP contribution in [0.5, 0.6) is 5.75 Å². The van der Waals surface area contributed by atoms with Gasteiger partial charge in [0.1, 0.15) is 5.75 Å². The van der Waals surface area contributed by atoms with Crippen LogP contribution in [0.4, 0.5) is 0 Å². The smallest absolute Gasteiger partial charge is 0.241 e. The molecule has 0 radical (unpaired) electrons. The quantitative estimate of drug-likeness (QED) is 0.804. The van der Waals surface area contributed by atoms with E-state index in [1.54, 1.807) is 18.2 Å². The molecule has 1 aromatic heterocycles. The minimum absolute atomic E-state index is 0.140. The van der Waals surface area contributed by atoms with Crippen molar-refractivity contribution in [3.05, 3.63) is 47.9 Å². The summed E-state index contributed by atoms with van der Waals surface area (Å²) in [4.78, 5) is 0.140. The van der Waals surface area contributed by atoms with E-state index in [2.05, 4.69) is 4.72 Å². The maximum Gasteiger partial charge on any atom is 0.241 e. The molecule has 1 heterocycles. The van der Waals surface area contributed by atoms with E-state index in [4.69, 9.17) is 14.3 Å². The lowest BCUT2D eigenvalue weighted by atomic mass is 10.1. The number of aliphatic hydroxyl groups excluding tert-OH is 1. The molecular formula is C14H17NO5S. The number of rotatable bonds is 7. The lowest BCUT2D eigenvalue weighted by Gasteiger charge is -2.12. The Bertz CT molecular complexity index is 679. The summed E-state index contributed by atoms with van der Waals surface area (Å²) in [7, 11) is -2.17. The molecule has 2 rings (SSSR count). The Balaban J connectivity index is 2.25. The highest BCUT2D eigenvalue weighted by atomic mass is 32.2. The van der Waals surface area contributed by atoms with E-state index >= 15 is 0 Å². The van der Waals surface area contributed by atoms with Crippen molar-refractivity contribution in [2.45, 2.75) is 17.9 Å². The maximum atomic E-state index is 12.4. The fourth-order valence-electron chi connectivity index (χ4n) is 1.91. The van der Waals surface area contributed by atoms with E-state index in [-0.39, 0.29) is 24.5 Å². The Morgan fingerprint density at radius 1 is 1.33 bits per heavy atom. The van der Waals surface area contributed by atoms with Gasteiger partial charge in [0.25, 0.3) is 0 Å². The Kier molecular flexibility index (Phi) is 5.00. The van der Waals surface area contributed by atoms with Gasteiger partial charge in [-0.05, 0) is 36.2 Å². The largest absolute Gasteiger partial charge is 0.497 e. The van der Waals surface area contributed by atoms with Gasteiger partial charge in [-0.3, -0.25) is 0 Å². The van der Waals surface area contributed by atoms with E-state index in [0.29, 0.717) is 11.3 Å². The molecule has 0 saturated heterocycles. The molecule has 0 fully saturated rings. The number of sulfonamides is 1. The van der Waals surface area contributed by atoms with Gasteiger partial charge >= 0.3 is 0 Å². The second-order valence-corrected chi connectivity index (χ2v) is 6.14. The summed E-state index contributed by atoms with van der Waals surface area (Å²) in [5, 5.41) is 9.09. The molecule has 7 heteroatoms.